The molecule has 0 N–H and O–H groups in total. The van der Waals surface area contributed by atoms with E-state index in [4.69, 9.17) is 4.52 Å². The summed E-state index contributed by atoms with van der Waals surface area (Å²) < 4.78 is 22.5. The molecular weight excluding hydrogens is 511 g/mol. The SMILES string of the molecule is O=P(Oc1cc(Br)ccc1-c1ccc(Br)cc1)(c1ccccc1)c1ccccc1. The van der Waals surface area contributed by atoms with Crippen LogP contribution < -0.4 is 15.1 Å². The second-order valence-electron chi connectivity index (χ2n) is 6.46. The zero-order chi connectivity index (χ0) is 20.3. The van der Waals surface area contributed by atoms with E-state index in [0.29, 0.717) is 16.4 Å². The van der Waals surface area contributed by atoms with Crippen LogP contribution in [0, 0.1) is 0 Å². The lowest BCUT2D eigenvalue weighted by Gasteiger charge is -2.22. The van der Waals surface area contributed by atoms with Gasteiger partial charge in [-0.25, -0.2) is 0 Å². The van der Waals surface area contributed by atoms with Gasteiger partial charge in [0.1, 0.15) is 5.75 Å². The van der Waals surface area contributed by atoms with Gasteiger partial charge in [0.2, 0.25) is 0 Å². The highest BCUT2D eigenvalue weighted by Gasteiger charge is 2.31. The maximum atomic E-state index is 14.3. The van der Waals surface area contributed by atoms with Crippen LogP contribution in [0.25, 0.3) is 11.1 Å². The molecule has 0 radical (unpaired) electrons. The molecule has 0 fully saturated rings. The van der Waals surface area contributed by atoms with E-state index in [1.165, 1.54) is 0 Å². The molecule has 0 aromatic heterocycles. The van der Waals surface area contributed by atoms with E-state index < -0.39 is 7.37 Å². The maximum Gasteiger partial charge on any atom is 0.306 e. The molecule has 4 aromatic carbocycles. The fourth-order valence-electron chi connectivity index (χ4n) is 3.08. The molecule has 4 aromatic rings. The van der Waals surface area contributed by atoms with Gasteiger partial charge in [0.25, 0.3) is 0 Å². The minimum atomic E-state index is -3.35. The lowest BCUT2D eigenvalue weighted by Crippen LogP contribution is -2.20. The molecule has 0 aliphatic carbocycles. The third-order valence-corrected chi connectivity index (χ3v) is 7.95. The van der Waals surface area contributed by atoms with Gasteiger partial charge in [0, 0.05) is 14.5 Å². The average molecular weight is 528 g/mol. The van der Waals surface area contributed by atoms with Crippen molar-refractivity contribution < 1.29 is 9.09 Å². The first-order chi connectivity index (χ1) is 14.1. The normalized spacial score (nSPS) is 11.2. The molecule has 0 bridgehead atoms. The van der Waals surface area contributed by atoms with E-state index in [1.54, 1.807) is 0 Å². The van der Waals surface area contributed by atoms with Crippen molar-refractivity contribution in [3.8, 4) is 16.9 Å². The standard InChI is InChI=1S/C24H17Br2O2P/c25-19-13-11-18(12-14-19)23-16-15-20(26)17-24(23)28-29(27,21-7-3-1-4-8-21)22-9-5-2-6-10-22/h1-17H. The molecule has 0 saturated carbocycles. The van der Waals surface area contributed by atoms with Crippen molar-refractivity contribution in [2.75, 3.05) is 0 Å². The topological polar surface area (TPSA) is 26.3 Å². The molecule has 0 aliphatic rings. The molecule has 0 amide bonds. The van der Waals surface area contributed by atoms with Crippen molar-refractivity contribution in [3.05, 3.63) is 112 Å². The number of hydrogen-bond acceptors (Lipinski definition) is 2. The lowest BCUT2D eigenvalue weighted by atomic mass is 10.1. The van der Waals surface area contributed by atoms with Gasteiger partial charge >= 0.3 is 7.37 Å². The van der Waals surface area contributed by atoms with Crippen LogP contribution in [0.3, 0.4) is 0 Å². The van der Waals surface area contributed by atoms with Crippen LogP contribution in [0.4, 0.5) is 0 Å². The molecule has 0 heterocycles. The first-order valence-corrected chi connectivity index (χ1v) is 12.2. The van der Waals surface area contributed by atoms with Crippen LogP contribution in [-0.2, 0) is 4.57 Å². The Labute approximate surface area is 187 Å². The molecule has 0 spiro atoms. The average Bonchev–Trinajstić information content (AvgIpc) is 2.76. The number of halogens is 2. The first kappa shape index (κ1) is 20.2. The first-order valence-electron chi connectivity index (χ1n) is 9.03. The third kappa shape index (κ3) is 4.40. The molecule has 5 heteroatoms. The van der Waals surface area contributed by atoms with Crippen molar-refractivity contribution in [1.29, 1.82) is 0 Å². The monoisotopic (exact) mass is 526 g/mol. The van der Waals surface area contributed by atoms with Gasteiger partial charge in [0.05, 0.1) is 10.6 Å². The van der Waals surface area contributed by atoms with Gasteiger partial charge in [-0.15, -0.1) is 0 Å². The van der Waals surface area contributed by atoms with Crippen LogP contribution in [0.5, 0.6) is 5.75 Å². The Morgan fingerprint density at radius 2 is 1.14 bits per heavy atom. The Hall–Kier alpha value is -2.13. The Balaban J connectivity index is 1.87. The highest BCUT2D eigenvalue weighted by atomic mass is 79.9. The largest absolute Gasteiger partial charge is 0.436 e. The summed E-state index contributed by atoms with van der Waals surface area (Å²) in [4.78, 5) is 0. The predicted molar refractivity (Wildman–Crippen MR) is 128 cm³/mol. The summed E-state index contributed by atoms with van der Waals surface area (Å²) in [5.41, 5.74) is 1.87. The van der Waals surface area contributed by atoms with Crippen LogP contribution in [0.2, 0.25) is 0 Å². The van der Waals surface area contributed by atoms with Crippen molar-refractivity contribution in [1.82, 2.24) is 0 Å². The van der Waals surface area contributed by atoms with Crippen LogP contribution >= 0.6 is 39.2 Å². The van der Waals surface area contributed by atoms with Crippen molar-refractivity contribution >= 4 is 49.8 Å². The summed E-state index contributed by atoms with van der Waals surface area (Å²) in [7, 11) is -3.35. The summed E-state index contributed by atoms with van der Waals surface area (Å²) in [5.74, 6) is 0.567. The van der Waals surface area contributed by atoms with E-state index in [9.17, 15) is 4.57 Å². The van der Waals surface area contributed by atoms with Gasteiger partial charge in [0.15, 0.2) is 0 Å². The maximum absolute atomic E-state index is 14.3. The Morgan fingerprint density at radius 3 is 1.69 bits per heavy atom. The minimum Gasteiger partial charge on any atom is -0.436 e. The quantitative estimate of drug-likeness (QED) is 0.257. The van der Waals surface area contributed by atoms with Crippen LogP contribution in [0.1, 0.15) is 0 Å². The molecule has 0 saturated heterocycles. The summed E-state index contributed by atoms with van der Waals surface area (Å²) >= 11 is 7.00. The fraction of sp³-hybridized carbons (Fsp3) is 0. The fourth-order valence-corrected chi connectivity index (χ4v) is 5.75. The second-order valence-corrected chi connectivity index (χ2v) is 10.6. The molecular formula is C24H17Br2O2P. The highest BCUT2D eigenvalue weighted by molar-refractivity contribution is 9.10. The molecule has 2 nitrogen and oxygen atoms in total. The predicted octanol–water partition coefficient (Wildman–Crippen LogP) is 7.19. The van der Waals surface area contributed by atoms with Crippen molar-refractivity contribution in [2.45, 2.75) is 0 Å². The van der Waals surface area contributed by atoms with Crippen molar-refractivity contribution in [2.24, 2.45) is 0 Å². The van der Waals surface area contributed by atoms with E-state index in [0.717, 1.165) is 20.1 Å². The van der Waals surface area contributed by atoms with Gasteiger partial charge < -0.3 is 4.52 Å². The zero-order valence-electron chi connectivity index (χ0n) is 15.3. The summed E-state index contributed by atoms with van der Waals surface area (Å²) in [5, 5.41) is 1.32. The summed E-state index contributed by atoms with van der Waals surface area (Å²) in [6, 6.07) is 32.5. The van der Waals surface area contributed by atoms with Gasteiger partial charge in [-0.2, -0.15) is 0 Å². The van der Waals surface area contributed by atoms with E-state index in [-0.39, 0.29) is 0 Å². The second kappa shape index (κ2) is 8.71. The molecule has 0 unspecified atom stereocenters. The summed E-state index contributed by atoms with van der Waals surface area (Å²) in [6.45, 7) is 0. The smallest absolute Gasteiger partial charge is 0.306 e. The van der Waals surface area contributed by atoms with E-state index in [1.807, 2.05) is 103 Å². The van der Waals surface area contributed by atoms with Crippen molar-refractivity contribution in [3.63, 3.8) is 0 Å². The molecule has 144 valence electrons. The Morgan fingerprint density at radius 1 is 0.621 bits per heavy atom. The van der Waals surface area contributed by atoms with Crippen LogP contribution in [0.15, 0.2) is 112 Å². The molecule has 29 heavy (non-hydrogen) atoms. The molecule has 0 aliphatic heterocycles. The summed E-state index contributed by atoms with van der Waals surface area (Å²) in [6.07, 6.45) is 0. The number of rotatable bonds is 5. The van der Waals surface area contributed by atoms with Gasteiger partial charge in [-0.05, 0) is 60.2 Å². The Kier molecular flexibility index (Phi) is 6.05. The molecule has 4 rings (SSSR count). The van der Waals surface area contributed by atoms with E-state index in [2.05, 4.69) is 31.9 Å². The third-order valence-electron chi connectivity index (χ3n) is 4.52. The number of hydrogen-bond donors (Lipinski definition) is 0. The van der Waals surface area contributed by atoms with Crippen LogP contribution in [-0.4, -0.2) is 0 Å². The lowest BCUT2D eigenvalue weighted by molar-refractivity contribution is 0.503. The van der Waals surface area contributed by atoms with E-state index >= 15 is 0 Å². The number of benzene rings is 4. The van der Waals surface area contributed by atoms with Gasteiger partial charge in [-0.3, -0.25) is 4.57 Å². The van der Waals surface area contributed by atoms with Gasteiger partial charge in [-0.1, -0.05) is 80.4 Å². The molecule has 0 atom stereocenters. The highest BCUT2D eigenvalue weighted by Crippen LogP contribution is 2.48. The Bertz CT molecular complexity index is 1120. The zero-order valence-corrected chi connectivity index (χ0v) is 19.4. The minimum absolute atomic E-state index is 0.567.